The Labute approximate surface area is 134 Å². The van der Waals surface area contributed by atoms with E-state index in [1.165, 1.54) is 10.8 Å². The van der Waals surface area contributed by atoms with Crippen LogP contribution in [0.2, 0.25) is 0 Å². The van der Waals surface area contributed by atoms with E-state index in [9.17, 15) is 9.59 Å². The van der Waals surface area contributed by atoms with Gasteiger partial charge in [0.1, 0.15) is 5.82 Å². The van der Waals surface area contributed by atoms with Gasteiger partial charge in [-0.2, -0.15) is 0 Å². The molecule has 1 aliphatic rings. The van der Waals surface area contributed by atoms with E-state index >= 15 is 0 Å². The summed E-state index contributed by atoms with van der Waals surface area (Å²) in [4.78, 5) is 29.6. The standard InChI is InChI=1S/C17H20N4O2/c1-10-5-6-12-11(9-10)16(23)21-8-7-18-14(21)13(19-12)15(22)20-17(2,3)4/h5-9,13,19H,1-4H3,(H,20,22). The minimum absolute atomic E-state index is 0.185. The van der Waals surface area contributed by atoms with Crippen LogP contribution < -0.4 is 10.6 Å². The lowest BCUT2D eigenvalue weighted by molar-refractivity contribution is -0.123. The van der Waals surface area contributed by atoms with Crippen molar-refractivity contribution in [3.63, 3.8) is 0 Å². The smallest absolute Gasteiger partial charge is 0.265 e. The number of imidazole rings is 1. The van der Waals surface area contributed by atoms with E-state index in [2.05, 4.69) is 15.6 Å². The van der Waals surface area contributed by atoms with Gasteiger partial charge in [0, 0.05) is 23.6 Å². The van der Waals surface area contributed by atoms with Crippen molar-refractivity contribution in [2.45, 2.75) is 39.3 Å². The number of aromatic nitrogens is 2. The highest BCUT2D eigenvalue weighted by Crippen LogP contribution is 2.29. The molecule has 23 heavy (non-hydrogen) atoms. The summed E-state index contributed by atoms with van der Waals surface area (Å²) < 4.78 is 1.44. The first-order valence-electron chi connectivity index (χ1n) is 7.53. The summed E-state index contributed by atoms with van der Waals surface area (Å²) in [5.74, 6) is -0.00784. The molecule has 0 radical (unpaired) electrons. The number of fused-ring (bicyclic) bond motifs is 2. The molecule has 0 aliphatic carbocycles. The third-order valence-corrected chi connectivity index (χ3v) is 3.61. The van der Waals surface area contributed by atoms with Gasteiger partial charge >= 0.3 is 0 Å². The lowest BCUT2D eigenvalue weighted by Gasteiger charge is -2.25. The predicted octanol–water partition coefficient (Wildman–Crippen LogP) is 2.26. The number of hydrogen-bond acceptors (Lipinski definition) is 4. The van der Waals surface area contributed by atoms with Crippen molar-refractivity contribution >= 4 is 17.5 Å². The summed E-state index contributed by atoms with van der Waals surface area (Å²) in [5.41, 5.74) is 1.79. The van der Waals surface area contributed by atoms with Gasteiger partial charge < -0.3 is 10.6 Å². The number of anilines is 1. The third-order valence-electron chi connectivity index (χ3n) is 3.61. The topological polar surface area (TPSA) is 76.0 Å². The Bertz CT molecular complexity index is 786. The average molecular weight is 312 g/mol. The Kier molecular flexibility index (Phi) is 3.47. The van der Waals surface area contributed by atoms with E-state index in [-0.39, 0.29) is 17.4 Å². The summed E-state index contributed by atoms with van der Waals surface area (Å²) in [6.45, 7) is 7.67. The summed E-state index contributed by atoms with van der Waals surface area (Å²) in [7, 11) is 0. The van der Waals surface area contributed by atoms with Crippen molar-refractivity contribution in [1.29, 1.82) is 0 Å². The Morgan fingerprint density at radius 3 is 2.78 bits per heavy atom. The van der Waals surface area contributed by atoms with Crippen LogP contribution in [0.1, 0.15) is 48.6 Å². The van der Waals surface area contributed by atoms with Crippen molar-refractivity contribution in [3.8, 4) is 0 Å². The number of benzene rings is 1. The Morgan fingerprint density at radius 1 is 1.35 bits per heavy atom. The zero-order valence-corrected chi connectivity index (χ0v) is 13.7. The van der Waals surface area contributed by atoms with E-state index in [0.717, 1.165) is 5.56 Å². The number of nitrogens with zero attached hydrogens (tertiary/aromatic N) is 2. The normalized spacial score (nSPS) is 16.9. The van der Waals surface area contributed by atoms with Gasteiger partial charge in [0.2, 0.25) is 0 Å². The number of carbonyl (C=O) groups is 2. The maximum atomic E-state index is 12.7. The van der Waals surface area contributed by atoms with Crippen LogP contribution in [0.5, 0.6) is 0 Å². The van der Waals surface area contributed by atoms with E-state index in [0.29, 0.717) is 17.1 Å². The number of rotatable bonds is 1. The summed E-state index contributed by atoms with van der Waals surface area (Å²) in [5, 5.41) is 6.10. The minimum atomic E-state index is -0.725. The Morgan fingerprint density at radius 2 is 2.09 bits per heavy atom. The number of hydrogen-bond donors (Lipinski definition) is 2. The maximum Gasteiger partial charge on any atom is 0.265 e. The van der Waals surface area contributed by atoms with Crippen LogP contribution in [0, 0.1) is 6.92 Å². The molecule has 0 bridgehead atoms. The third kappa shape index (κ3) is 2.84. The van der Waals surface area contributed by atoms with Gasteiger partial charge in [-0.05, 0) is 39.8 Å². The fraction of sp³-hybridized carbons (Fsp3) is 0.353. The number of amides is 1. The van der Waals surface area contributed by atoms with Crippen LogP contribution in [0.15, 0.2) is 30.6 Å². The quantitative estimate of drug-likeness (QED) is 0.847. The van der Waals surface area contributed by atoms with Gasteiger partial charge in [-0.15, -0.1) is 0 Å². The van der Waals surface area contributed by atoms with Gasteiger partial charge in [-0.1, -0.05) is 11.6 Å². The predicted molar refractivity (Wildman–Crippen MR) is 87.4 cm³/mol. The van der Waals surface area contributed by atoms with Gasteiger partial charge in [-0.3, -0.25) is 14.2 Å². The van der Waals surface area contributed by atoms with Crippen LogP contribution in [0.25, 0.3) is 0 Å². The first-order valence-corrected chi connectivity index (χ1v) is 7.53. The molecule has 1 amide bonds. The molecule has 120 valence electrons. The molecule has 6 heteroatoms. The molecule has 1 aromatic heterocycles. The molecule has 0 spiro atoms. The van der Waals surface area contributed by atoms with Crippen molar-refractivity contribution in [1.82, 2.24) is 14.9 Å². The molecular formula is C17H20N4O2. The molecule has 0 saturated heterocycles. The molecule has 2 N–H and O–H groups in total. The van der Waals surface area contributed by atoms with Gasteiger partial charge in [0.15, 0.2) is 6.04 Å². The number of carbonyl (C=O) groups excluding carboxylic acids is 2. The van der Waals surface area contributed by atoms with Crippen LogP contribution >= 0.6 is 0 Å². The van der Waals surface area contributed by atoms with Gasteiger partial charge in [0.25, 0.3) is 11.8 Å². The molecule has 1 aromatic carbocycles. The molecule has 1 atom stereocenters. The molecule has 1 unspecified atom stereocenters. The maximum absolute atomic E-state index is 12.7. The van der Waals surface area contributed by atoms with Crippen molar-refractivity contribution < 1.29 is 9.59 Å². The van der Waals surface area contributed by atoms with Crippen LogP contribution in [-0.4, -0.2) is 26.9 Å². The molecule has 2 aromatic rings. The fourth-order valence-electron chi connectivity index (χ4n) is 2.64. The zero-order valence-electron chi connectivity index (χ0n) is 13.7. The summed E-state index contributed by atoms with van der Waals surface area (Å²) >= 11 is 0. The first-order chi connectivity index (χ1) is 10.8. The average Bonchev–Trinajstić information content (AvgIpc) is 2.88. The van der Waals surface area contributed by atoms with Crippen LogP contribution in [0.4, 0.5) is 5.69 Å². The van der Waals surface area contributed by atoms with Gasteiger partial charge in [0.05, 0.1) is 5.56 Å². The SMILES string of the molecule is Cc1ccc2c(c1)C(=O)n1ccnc1C(C(=O)NC(C)(C)C)N2. The second kappa shape index (κ2) is 5.22. The number of nitrogens with one attached hydrogen (secondary N) is 2. The molecule has 2 heterocycles. The summed E-state index contributed by atoms with van der Waals surface area (Å²) in [6, 6.07) is 4.83. The highest BCUT2D eigenvalue weighted by Gasteiger charge is 2.33. The van der Waals surface area contributed by atoms with E-state index in [1.807, 2.05) is 45.9 Å². The van der Waals surface area contributed by atoms with E-state index in [1.54, 1.807) is 6.20 Å². The van der Waals surface area contributed by atoms with Gasteiger partial charge in [-0.25, -0.2) is 4.98 Å². The molecular weight excluding hydrogens is 292 g/mol. The molecule has 3 rings (SSSR count). The molecule has 0 fully saturated rings. The van der Waals surface area contributed by atoms with Crippen LogP contribution in [-0.2, 0) is 4.79 Å². The summed E-state index contributed by atoms with van der Waals surface area (Å²) in [6.07, 6.45) is 3.13. The van der Waals surface area contributed by atoms with E-state index < -0.39 is 6.04 Å². The number of aryl methyl sites for hydroxylation is 1. The molecule has 6 nitrogen and oxygen atoms in total. The highest BCUT2D eigenvalue weighted by atomic mass is 16.2. The second-order valence-electron chi connectivity index (χ2n) is 6.83. The fourth-order valence-corrected chi connectivity index (χ4v) is 2.64. The Balaban J connectivity index is 2.09. The minimum Gasteiger partial charge on any atom is -0.367 e. The van der Waals surface area contributed by atoms with E-state index in [4.69, 9.17) is 0 Å². The van der Waals surface area contributed by atoms with Crippen molar-refractivity contribution in [2.24, 2.45) is 0 Å². The lowest BCUT2D eigenvalue weighted by Crippen LogP contribution is -2.45. The Hall–Kier alpha value is -2.63. The molecule has 1 aliphatic heterocycles. The van der Waals surface area contributed by atoms with Crippen molar-refractivity contribution in [2.75, 3.05) is 5.32 Å². The largest absolute Gasteiger partial charge is 0.367 e. The first kappa shape index (κ1) is 15.3. The second-order valence-corrected chi connectivity index (χ2v) is 6.83. The zero-order chi connectivity index (χ0) is 16.8. The highest BCUT2D eigenvalue weighted by molar-refractivity contribution is 6.04. The van der Waals surface area contributed by atoms with Crippen molar-refractivity contribution in [3.05, 3.63) is 47.5 Å². The van der Waals surface area contributed by atoms with Crippen LogP contribution in [0.3, 0.4) is 0 Å². The molecule has 0 saturated carbocycles. The monoisotopic (exact) mass is 312 g/mol. The lowest BCUT2D eigenvalue weighted by atomic mass is 10.1.